The molecule has 2 aromatic heterocycles. The Hall–Kier alpha value is -6.89. The molecule has 0 fully saturated rings. The van der Waals surface area contributed by atoms with E-state index < -0.39 is 0 Å². The zero-order chi connectivity index (χ0) is 37.5. The molecule has 3 aliphatic rings. The Morgan fingerprint density at radius 1 is 0.579 bits per heavy atom. The van der Waals surface area contributed by atoms with E-state index in [1.165, 1.54) is 48.3 Å². The van der Waals surface area contributed by atoms with Crippen molar-refractivity contribution in [3.05, 3.63) is 204 Å². The van der Waals surface area contributed by atoms with Crippen molar-refractivity contribution in [2.24, 2.45) is 15.9 Å². The van der Waals surface area contributed by atoms with Crippen molar-refractivity contribution in [2.45, 2.75) is 17.0 Å². The molecule has 0 amide bonds. The molecule has 0 spiro atoms. The van der Waals surface area contributed by atoms with Crippen LogP contribution in [0, 0.1) is 5.92 Å². The Kier molecular flexibility index (Phi) is 7.29. The molecule has 9 aromatic rings. The van der Waals surface area contributed by atoms with Gasteiger partial charge in [-0.1, -0.05) is 145 Å². The fourth-order valence-corrected chi connectivity index (χ4v) is 10.3. The molecule has 0 bridgehead atoms. The van der Waals surface area contributed by atoms with Crippen LogP contribution in [0.25, 0.3) is 60.6 Å². The van der Waals surface area contributed by atoms with E-state index in [9.17, 15) is 0 Å². The minimum absolute atomic E-state index is 0.106. The van der Waals surface area contributed by atoms with E-state index >= 15 is 0 Å². The third-order valence-electron chi connectivity index (χ3n) is 11.7. The maximum atomic E-state index is 6.42. The first-order valence-corrected chi connectivity index (χ1v) is 20.2. The molecular formula is C51H34N4OS. The summed E-state index contributed by atoms with van der Waals surface area (Å²) in [5.41, 5.74) is 11.1. The van der Waals surface area contributed by atoms with Crippen LogP contribution in [0.4, 0.5) is 0 Å². The third kappa shape index (κ3) is 5.25. The number of hydrogen-bond acceptors (Lipinski definition) is 5. The van der Waals surface area contributed by atoms with Gasteiger partial charge >= 0.3 is 0 Å². The van der Waals surface area contributed by atoms with Gasteiger partial charge in [-0.15, -0.1) is 0 Å². The second-order valence-corrected chi connectivity index (χ2v) is 16.1. The van der Waals surface area contributed by atoms with Crippen molar-refractivity contribution in [3.63, 3.8) is 0 Å². The molecule has 1 aliphatic carbocycles. The van der Waals surface area contributed by atoms with Crippen LogP contribution in [0.2, 0.25) is 0 Å². The molecule has 3 unspecified atom stereocenters. The van der Waals surface area contributed by atoms with Crippen molar-refractivity contribution < 1.29 is 4.42 Å². The highest BCUT2D eigenvalue weighted by Gasteiger charge is 2.40. The molecule has 5 nitrogen and oxygen atoms in total. The number of benzene rings is 7. The Balaban J connectivity index is 0.906. The third-order valence-corrected chi connectivity index (χ3v) is 12.9. The Bertz CT molecular complexity index is 3150. The van der Waals surface area contributed by atoms with Gasteiger partial charge in [-0.05, 0) is 70.1 Å². The van der Waals surface area contributed by atoms with Gasteiger partial charge < -0.3 is 14.3 Å². The van der Waals surface area contributed by atoms with Gasteiger partial charge in [0.05, 0.1) is 11.0 Å². The average molecular weight is 751 g/mol. The first-order chi connectivity index (χ1) is 28.2. The van der Waals surface area contributed by atoms with E-state index in [0.717, 1.165) is 50.4 Å². The molecule has 270 valence electrons. The van der Waals surface area contributed by atoms with Gasteiger partial charge in [0.25, 0.3) is 0 Å². The molecule has 0 saturated carbocycles. The van der Waals surface area contributed by atoms with Crippen LogP contribution in [0.5, 0.6) is 0 Å². The number of rotatable bonds is 5. The van der Waals surface area contributed by atoms with Gasteiger partial charge in [-0.3, -0.25) is 0 Å². The number of fused-ring (bicyclic) bond motifs is 9. The summed E-state index contributed by atoms with van der Waals surface area (Å²) >= 11 is 1.88. The molecule has 0 saturated heterocycles. The number of allylic oxidation sites excluding steroid dienone is 3. The molecule has 12 rings (SSSR count). The highest BCUT2D eigenvalue weighted by Crippen LogP contribution is 2.55. The lowest BCUT2D eigenvalue weighted by Gasteiger charge is -2.33. The number of aromatic nitrogens is 1. The zero-order valence-electron chi connectivity index (χ0n) is 30.7. The number of thioether (sulfide) groups is 1. The lowest BCUT2D eigenvalue weighted by Crippen LogP contribution is -2.44. The second kappa shape index (κ2) is 12.8. The lowest BCUT2D eigenvalue weighted by molar-refractivity contribution is 0.433. The number of furan rings is 1. The van der Waals surface area contributed by atoms with E-state index in [4.69, 9.17) is 14.4 Å². The van der Waals surface area contributed by atoms with Crippen LogP contribution in [0.3, 0.4) is 0 Å². The van der Waals surface area contributed by atoms with Crippen LogP contribution in [0.1, 0.15) is 22.6 Å². The summed E-state index contributed by atoms with van der Waals surface area (Å²) in [5, 5.41) is 8.48. The first kappa shape index (κ1) is 32.4. The predicted octanol–water partition coefficient (Wildman–Crippen LogP) is 12.4. The highest BCUT2D eigenvalue weighted by atomic mass is 32.2. The Labute approximate surface area is 333 Å². The summed E-state index contributed by atoms with van der Waals surface area (Å²) in [5.74, 6) is 1.91. The van der Waals surface area contributed by atoms with Gasteiger partial charge in [-0.25, -0.2) is 9.98 Å². The largest absolute Gasteiger partial charge is 0.456 e. The van der Waals surface area contributed by atoms with Crippen LogP contribution >= 0.6 is 11.8 Å². The maximum Gasteiger partial charge on any atom is 0.159 e. The smallest absolute Gasteiger partial charge is 0.159 e. The number of nitrogens with one attached hydrogen (secondary N) is 1. The molecule has 6 heteroatoms. The molecule has 1 N–H and O–H groups in total. The van der Waals surface area contributed by atoms with Gasteiger partial charge in [0.2, 0.25) is 0 Å². The molecule has 4 heterocycles. The van der Waals surface area contributed by atoms with Crippen LogP contribution in [0.15, 0.2) is 206 Å². The average Bonchev–Trinajstić information content (AvgIpc) is 3.95. The molecule has 2 aliphatic heterocycles. The number of amidine groups is 2. The van der Waals surface area contributed by atoms with E-state index in [1.807, 2.05) is 36.0 Å². The fraction of sp³-hybridized carbons (Fsp3) is 0.0588. The molecule has 57 heavy (non-hydrogen) atoms. The van der Waals surface area contributed by atoms with Crippen molar-refractivity contribution in [2.75, 3.05) is 0 Å². The molecule has 7 aromatic carbocycles. The summed E-state index contributed by atoms with van der Waals surface area (Å²) < 4.78 is 8.78. The molecular weight excluding hydrogens is 717 g/mol. The highest BCUT2D eigenvalue weighted by molar-refractivity contribution is 8.03. The normalized spacial score (nSPS) is 18.7. The van der Waals surface area contributed by atoms with E-state index in [0.29, 0.717) is 0 Å². The zero-order valence-corrected chi connectivity index (χ0v) is 31.5. The van der Waals surface area contributed by atoms with Crippen molar-refractivity contribution in [3.8, 4) is 16.8 Å². The van der Waals surface area contributed by atoms with Crippen LogP contribution in [-0.2, 0) is 0 Å². The van der Waals surface area contributed by atoms with E-state index in [-0.39, 0.29) is 18.0 Å². The summed E-state index contributed by atoms with van der Waals surface area (Å²) in [6.45, 7) is 0. The van der Waals surface area contributed by atoms with Gasteiger partial charge in [0, 0.05) is 55.1 Å². The van der Waals surface area contributed by atoms with Crippen molar-refractivity contribution in [1.29, 1.82) is 0 Å². The number of aliphatic imine (C=N–C) groups is 2. The summed E-state index contributed by atoms with van der Waals surface area (Å²) in [6.07, 6.45) is 6.62. The van der Waals surface area contributed by atoms with E-state index in [2.05, 4.69) is 168 Å². The minimum atomic E-state index is -0.187. The van der Waals surface area contributed by atoms with Gasteiger partial charge in [-0.2, -0.15) is 0 Å². The standard InChI is InChI=1S/C51H34N4OS/c1-3-12-31(13-4-1)49-52-50(32-14-5-2-6-15-32)54-51(53-49)39-18-11-21-46-48(39)38-25-22-34(29-47(38)57-46)33-23-26-44-40(28-33)41-30-35(24-27-45(41)56-44)55-42-19-9-7-16-36(42)37-17-8-10-20-43(37)55/h1-30,39,48,51H,(H,52,53,54). The summed E-state index contributed by atoms with van der Waals surface area (Å²) in [4.78, 5) is 12.9. The first-order valence-electron chi connectivity index (χ1n) is 19.4. The van der Waals surface area contributed by atoms with E-state index in [1.54, 1.807) is 0 Å². The SMILES string of the molecule is C1=CC(C2N=C(c3ccccc3)N=C(c3ccccc3)N2)C2C(=C1)Sc1cc(-c3ccc4oc5ccc(-n6c7ccccc7c7ccccc76)cc5c4c3)ccc12. The monoisotopic (exact) mass is 750 g/mol. The second-order valence-electron chi connectivity index (χ2n) is 15.0. The van der Waals surface area contributed by atoms with Gasteiger partial charge in [0.1, 0.15) is 23.2 Å². The maximum absolute atomic E-state index is 6.42. The topological polar surface area (TPSA) is 54.8 Å². The minimum Gasteiger partial charge on any atom is -0.456 e. The van der Waals surface area contributed by atoms with Crippen LogP contribution in [-0.4, -0.2) is 22.4 Å². The fourth-order valence-electron chi connectivity index (χ4n) is 9.02. The van der Waals surface area contributed by atoms with Gasteiger partial charge in [0.15, 0.2) is 5.84 Å². The number of hydrogen-bond donors (Lipinski definition) is 1. The molecule has 3 atom stereocenters. The Morgan fingerprint density at radius 3 is 2.00 bits per heavy atom. The summed E-state index contributed by atoms with van der Waals surface area (Å²) in [7, 11) is 0. The number of nitrogens with zero attached hydrogens (tertiary/aromatic N) is 3. The Morgan fingerprint density at radius 2 is 1.23 bits per heavy atom. The summed E-state index contributed by atoms with van der Waals surface area (Å²) in [6, 6.07) is 58.1. The number of para-hydroxylation sites is 2. The lowest BCUT2D eigenvalue weighted by atomic mass is 9.80. The molecule has 0 radical (unpaired) electrons. The van der Waals surface area contributed by atoms with Crippen molar-refractivity contribution >= 4 is 67.2 Å². The van der Waals surface area contributed by atoms with Crippen LogP contribution < -0.4 is 5.32 Å². The quantitative estimate of drug-likeness (QED) is 0.191. The predicted molar refractivity (Wildman–Crippen MR) is 236 cm³/mol. The van der Waals surface area contributed by atoms with Crippen molar-refractivity contribution in [1.82, 2.24) is 9.88 Å².